The van der Waals surface area contributed by atoms with E-state index in [0.29, 0.717) is 31.9 Å². The topological polar surface area (TPSA) is 56.1 Å². The van der Waals surface area contributed by atoms with Crippen LogP contribution in [0.3, 0.4) is 0 Å². The molecule has 1 aliphatic rings. The molecule has 1 aromatic carbocycles. The summed E-state index contributed by atoms with van der Waals surface area (Å²) in [6, 6.07) is 11.3. The summed E-state index contributed by atoms with van der Waals surface area (Å²) in [6.45, 7) is 6.26. The number of aromatic nitrogens is 2. The summed E-state index contributed by atoms with van der Waals surface area (Å²) >= 11 is 0. The second kappa shape index (κ2) is 7.40. The van der Waals surface area contributed by atoms with Gasteiger partial charge in [-0.3, -0.25) is 4.79 Å². The molecule has 0 aliphatic carbocycles. The fourth-order valence-electron chi connectivity index (χ4n) is 3.31. The van der Waals surface area contributed by atoms with Crippen LogP contribution < -0.4 is 4.74 Å². The van der Waals surface area contributed by atoms with Gasteiger partial charge in [0.05, 0.1) is 18.4 Å². The Morgan fingerprint density at radius 3 is 2.85 bits per heavy atom. The van der Waals surface area contributed by atoms with Crippen LogP contribution in [0.4, 0.5) is 0 Å². The molecule has 2 aromatic heterocycles. The molecule has 1 atom stereocenters. The normalized spacial score (nSPS) is 17.3. The number of amides is 1. The smallest absolute Gasteiger partial charge is 0.254 e. The van der Waals surface area contributed by atoms with E-state index in [2.05, 4.69) is 4.98 Å². The zero-order chi connectivity index (χ0) is 18.8. The standard InChI is InChI=1S/C21H23N3O3/c1-15-4-3-9-23-13-18(22-20(15)23)14-27-19-7-5-17(6-8-19)21(25)24-10-11-26-16(2)12-24/h3-9,13,16H,10-12,14H2,1-2H3/t16-/m0/s1. The van der Waals surface area contributed by atoms with E-state index in [1.807, 2.05) is 71.9 Å². The maximum atomic E-state index is 12.6. The van der Waals surface area contributed by atoms with E-state index in [0.717, 1.165) is 22.7 Å². The summed E-state index contributed by atoms with van der Waals surface area (Å²) in [4.78, 5) is 19.0. The lowest BCUT2D eigenvalue weighted by Crippen LogP contribution is -2.44. The summed E-state index contributed by atoms with van der Waals surface area (Å²) in [5.41, 5.74) is 3.60. The molecule has 6 nitrogen and oxygen atoms in total. The van der Waals surface area contributed by atoms with Gasteiger partial charge in [-0.15, -0.1) is 0 Å². The van der Waals surface area contributed by atoms with Crippen LogP contribution in [-0.4, -0.2) is 46.0 Å². The third-order valence-electron chi connectivity index (χ3n) is 4.74. The number of pyridine rings is 1. The number of hydrogen-bond donors (Lipinski definition) is 0. The summed E-state index contributed by atoms with van der Waals surface area (Å²) < 4.78 is 13.3. The highest BCUT2D eigenvalue weighted by atomic mass is 16.5. The van der Waals surface area contributed by atoms with Crippen LogP contribution in [0, 0.1) is 6.92 Å². The average Bonchev–Trinajstić information content (AvgIpc) is 3.11. The molecule has 0 N–H and O–H groups in total. The van der Waals surface area contributed by atoms with Gasteiger partial charge in [0.15, 0.2) is 0 Å². The van der Waals surface area contributed by atoms with Gasteiger partial charge in [-0.25, -0.2) is 4.98 Å². The van der Waals surface area contributed by atoms with E-state index < -0.39 is 0 Å². The van der Waals surface area contributed by atoms with Crippen molar-refractivity contribution in [3.8, 4) is 5.75 Å². The molecule has 0 bridgehead atoms. The van der Waals surface area contributed by atoms with Crippen molar-refractivity contribution < 1.29 is 14.3 Å². The van der Waals surface area contributed by atoms with Crippen molar-refractivity contribution >= 4 is 11.6 Å². The number of aryl methyl sites for hydroxylation is 1. The number of morpholine rings is 1. The van der Waals surface area contributed by atoms with E-state index in [4.69, 9.17) is 9.47 Å². The Hall–Kier alpha value is -2.86. The molecule has 140 valence electrons. The molecule has 4 rings (SSSR count). The third-order valence-corrected chi connectivity index (χ3v) is 4.74. The number of ether oxygens (including phenoxy) is 2. The highest BCUT2D eigenvalue weighted by Gasteiger charge is 2.22. The van der Waals surface area contributed by atoms with Crippen molar-refractivity contribution in [3.63, 3.8) is 0 Å². The molecule has 1 saturated heterocycles. The number of rotatable bonds is 4. The number of benzene rings is 1. The van der Waals surface area contributed by atoms with E-state index in [1.54, 1.807) is 0 Å². The molecule has 1 aliphatic heterocycles. The SMILES string of the molecule is Cc1cccn2cc(COc3ccc(C(=O)N4CCO[C@@H](C)C4)cc3)nc12. The summed E-state index contributed by atoms with van der Waals surface area (Å²) in [5.74, 6) is 0.753. The van der Waals surface area contributed by atoms with E-state index in [1.165, 1.54) is 0 Å². The van der Waals surface area contributed by atoms with Gasteiger partial charge in [-0.1, -0.05) is 6.07 Å². The predicted molar refractivity (Wildman–Crippen MR) is 102 cm³/mol. The highest BCUT2D eigenvalue weighted by molar-refractivity contribution is 5.94. The van der Waals surface area contributed by atoms with Crippen molar-refractivity contribution in [2.45, 2.75) is 26.6 Å². The largest absolute Gasteiger partial charge is 0.487 e. The Bertz CT molecular complexity index is 949. The van der Waals surface area contributed by atoms with Crippen LogP contribution in [-0.2, 0) is 11.3 Å². The minimum absolute atomic E-state index is 0.0347. The predicted octanol–water partition coefficient (Wildman–Crippen LogP) is 3.08. The molecule has 0 saturated carbocycles. The van der Waals surface area contributed by atoms with Gasteiger partial charge < -0.3 is 18.8 Å². The Balaban J connectivity index is 1.40. The fourth-order valence-corrected chi connectivity index (χ4v) is 3.31. The van der Waals surface area contributed by atoms with Crippen LogP contribution >= 0.6 is 0 Å². The van der Waals surface area contributed by atoms with Crippen molar-refractivity contribution in [3.05, 3.63) is 65.6 Å². The monoisotopic (exact) mass is 365 g/mol. The Labute approximate surface area is 158 Å². The first-order valence-corrected chi connectivity index (χ1v) is 9.17. The molecular weight excluding hydrogens is 342 g/mol. The molecule has 3 heterocycles. The number of hydrogen-bond acceptors (Lipinski definition) is 4. The van der Waals surface area contributed by atoms with Crippen molar-refractivity contribution in [2.75, 3.05) is 19.7 Å². The minimum atomic E-state index is 0.0347. The van der Waals surface area contributed by atoms with Gasteiger partial charge in [0, 0.05) is 31.0 Å². The lowest BCUT2D eigenvalue weighted by Gasteiger charge is -2.31. The van der Waals surface area contributed by atoms with Crippen LogP contribution in [0.5, 0.6) is 5.75 Å². The number of fused-ring (bicyclic) bond motifs is 1. The maximum absolute atomic E-state index is 12.6. The second-order valence-electron chi connectivity index (χ2n) is 6.90. The first-order valence-electron chi connectivity index (χ1n) is 9.17. The van der Waals surface area contributed by atoms with Gasteiger partial charge in [-0.05, 0) is 49.7 Å². The number of carbonyl (C=O) groups is 1. The number of imidazole rings is 1. The average molecular weight is 365 g/mol. The quantitative estimate of drug-likeness (QED) is 0.713. The molecule has 0 unspecified atom stereocenters. The first-order chi connectivity index (χ1) is 13.1. The minimum Gasteiger partial charge on any atom is -0.487 e. The summed E-state index contributed by atoms with van der Waals surface area (Å²) in [6.07, 6.45) is 4.03. The van der Waals surface area contributed by atoms with E-state index >= 15 is 0 Å². The lowest BCUT2D eigenvalue weighted by molar-refractivity contribution is -0.0124. The van der Waals surface area contributed by atoms with Gasteiger partial charge in [0.2, 0.25) is 0 Å². The Morgan fingerprint density at radius 2 is 2.11 bits per heavy atom. The second-order valence-corrected chi connectivity index (χ2v) is 6.90. The fraction of sp³-hybridized carbons (Fsp3) is 0.333. The van der Waals surface area contributed by atoms with Crippen molar-refractivity contribution in [2.24, 2.45) is 0 Å². The van der Waals surface area contributed by atoms with E-state index in [-0.39, 0.29) is 12.0 Å². The van der Waals surface area contributed by atoms with Crippen molar-refractivity contribution in [1.29, 1.82) is 0 Å². The Morgan fingerprint density at radius 1 is 1.30 bits per heavy atom. The van der Waals surface area contributed by atoms with Gasteiger partial charge >= 0.3 is 0 Å². The van der Waals surface area contributed by atoms with Crippen LogP contribution in [0.25, 0.3) is 5.65 Å². The van der Waals surface area contributed by atoms with E-state index in [9.17, 15) is 4.79 Å². The highest BCUT2D eigenvalue weighted by Crippen LogP contribution is 2.17. The van der Waals surface area contributed by atoms with Gasteiger partial charge in [0.1, 0.15) is 18.0 Å². The number of carbonyl (C=O) groups excluding carboxylic acids is 1. The van der Waals surface area contributed by atoms with Crippen LogP contribution in [0.2, 0.25) is 0 Å². The van der Waals surface area contributed by atoms with Crippen LogP contribution in [0.15, 0.2) is 48.8 Å². The molecule has 0 spiro atoms. The zero-order valence-electron chi connectivity index (χ0n) is 15.6. The molecule has 1 fully saturated rings. The lowest BCUT2D eigenvalue weighted by atomic mass is 10.1. The Kier molecular flexibility index (Phi) is 4.81. The van der Waals surface area contributed by atoms with Gasteiger partial charge in [-0.2, -0.15) is 0 Å². The zero-order valence-corrected chi connectivity index (χ0v) is 15.6. The third kappa shape index (κ3) is 3.80. The van der Waals surface area contributed by atoms with Gasteiger partial charge in [0.25, 0.3) is 5.91 Å². The van der Waals surface area contributed by atoms with Crippen LogP contribution in [0.1, 0.15) is 28.5 Å². The molecule has 6 heteroatoms. The molecular formula is C21H23N3O3. The first kappa shape index (κ1) is 17.5. The molecule has 1 amide bonds. The maximum Gasteiger partial charge on any atom is 0.254 e. The summed E-state index contributed by atoms with van der Waals surface area (Å²) in [5, 5.41) is 0. The molecule has 3 aromatic rings. The summed E-state index contributed by atoms with van der Waals surface area (Å²) in [7, 11) is 0. The molecule has 0 radical (unpaired) electrons. The molecule has 27 heavy (non-hydrogen) atoms. The number of nitrogens with zero attached hydrogens (tertiary/aromatic N) is 3. The van der Waals surface area contributed by atoms with Crippen molar-refractivity contribution in [1.82, 2.24) is 14.3 Å².